The zero-order chi connectivity index (χ0) is 15.5. The number of rotatable bonds is 4. The topological polar surface area (TPSA) is 54.2 Å². The number of piperidine rings is 1. The van der Waals surface area contributed by atoms with E-state index in [1.54, 1.807) is 18.5 Å². The average molecular weight is 341 g/mol. The molecule has 3 rings (SSSR count). The minimum atomic E-state index is 0.109. The molecule has 0 spiro atoms. The van der Waals surface area contributed by atoms with Crippen LogP contribution in [0.2, 0.25) is 10.0 Å². The van der Waals surface area contributed by atoms with Crippen LogP contribution in [0, 0.1) is 0 Å². The minimum Gasteiger partial charge on any atom is -0.394 e. The highest BCUT2D eigenvalue weighted by molar-refractivity contribution is 6.36. The number of halogens is 2. The van der Waals surface area contributed by atoms with Gasteiger partial charge < -0.3 is 10.0 Å². The van der Waals surface area contributed by atoms with E-state index in [1.165, 1.54) is 5.69 Å². The first kappa shape index (κ1) is 15.6. The molecule has 0 amide bonds. The lowest BCUT2D eigenvalue weighted by atomic mass is 9.93. The van der Waals surface area contributed by atoms with Gasteiger partial charge in [-0.25, -0.2) is 4.98 Å². The summed E-state index contributed by atoms with van der Waals surface area (Å²) in [7, 11) is 0. The largest absolute Gasteiger partial charge is 0.394 e. The molecule has 5 nitrogen and oxygen atoms in total. The first-order valence-electron chi connectivity index (χ1n) is 7.37. The third-order valence-electron chi connectivity index (χ3n) is 4.06. The highest BCUT2D eigenvalue weighted by Gasteiger charge is 2.25. The molecule has 2 aromatic heterocycles. The smallest absolute Gasteiger partial charge is 0.147 e. The number of aromatic nitrogens is 3. The Morgan fingerprint density at radius 1 is 1.27 bits per heavy atom. The third-order valence-corrected chi connectivity index (χ3v) is 4.55. The fourth-order valence-corrected chi connectivity index (χ4v) is 3.50. The summed E-state index contributed by atoms with van der Waals surface area (Å²) < 4.78 is 1.90. The summed E-state index contributed by atoms with van der Waals surface area (Å²) in [5.41, 5.74) is 1.20. The average Bonchev–Trinajstić information content (AvgIpc) is 2.96. The summed E-state index contributed by atoms with van der Waals surface area (Å²) >= 11 is 12.1. The third kappa shape index (κ3) is 3.21. The number of hydrogen-bond acceptors (Lipinski definition) is 4. The van der Waals surface area contributed by atoms with Crippen LogP contribution in [0.15, 0.2) is 24.5 Å². The summed E-state index contributed by atoms with van der Waals surface area (Å²) in [5, 5.41) is 14.5. The van der Waals surface area contributed by atoms with Crippen LogP contribution in [0.4, 0.5) is 5.82 Å². The Kier molecular flexibility index (Phi) is 4.86. The van der Waals surface area contributed by atoms with E-state index in [9.17, 15) is 0 Å². The Hall–Kier alpha value is -1.30. The van der Waals surface area contributed by atoms with E-state index in [2.05, 4.69) is 15.0 Å². The van der Waals surface area contributed by atoms with Gasteiger partial charge in [-0.1, -0.05) is 23.2 Å². The molecular formula is C15H18Cl2N4O. The van der Waals surface area contributed by atoms with Crippen molar-refractivity contribution in [2.45, 2.75) is 25.3 Å². The molecule has 3 heterocycles. The van der Waals surface area contributed by atoms with Crippen LogP contribution in [0.5, 0.6) is 0 Å². The van der Waals surface area contributed by atoms with E-state index in [-0.39, 0.29) is 6.61 Å². The molecule has 0 atom stereocenters. The fraction of sp³-hybridized carbons (Fsp3) is 0.467. The lowest BCUT2D eigenvalue weighted by Gasteiger charge is -2.33. The van der Waals surface area contributed by atoms with Gasteiger partial charge in [-0.3, -0.25) is 4.68 Å². The van der Waals surface area contributed by atoms with Crippen molar-refractivity contribution in [1.29, 1.82) is 0 Å². The molecule has 22 heavy (non-hydrogen) atoms. The van der Waals surface area contributed by atoms with Crippen molar-refractivity contribution in [3.05, 3.63) is 40.3 Å². The summed E-state index contributed by atoms with van der Waals surface area (Å²) in [6.45, 7) is 2.44. The van der Waals surface area contributed by atoms with Gasteiger partial charge in [-0.05, 0) is 25.0 Å². The molecule has 1 saturated heterocycles. The van der Waals surface area contributed by atoms with E-state index >= 15 is 0 Å². The second kappa shape index (κ2) is 6.86. The quantitative estimate of drug-likeness (QED) is 0.929. The Labute approximate surface area is 139 Å². The number of nitrogens with zero attached hydrogens (tertiary/aromatic N) is 4. The van der Waals surface area contributed by atoms with Gasteiger partial charge in [0.25, 0.3) is 0 Å². The molecule has 0 bridgehead atoms. The molecule has 0 unspecified atom stereocenters. The maximum absolute atomic E-state index is 9.10. The summed E-state index contributed by atoms with van der Waals surface area (Å²) in [6.07, 6.45) is 5.45. The van der Waals surface area contributed by atoms with Crippen LogP contribution in [-0.4, -0.2) is 39.6 Å². The Bertz CT molecular complexity index is 638. The molecule has 0 aromatic carbocycles. The monoisotopic (exact) mass is 340 g/mol. The molecule has 1 fully saturated rings. The molecule has 1 aliphatic rings. The van der Waals surface area contributed by atoms with Gasteiger partial charge in [0.2, 0.25) is 0 Å². The van der Waals surface area contributed by atoms with Crippen LogP contribution in [-0.2, 0) is 6.54 Å². The zero-order valence-electron chi connectivity index (χ0n) is 12.1. The highest BCUT2D eigenvalue weighted by Crippen LogP contribution is 2.33. The molecule has 0 aliphatic carbocycles. The van der Waals surface area contributed by atoms with Gasteiger partial charge >= 0.3 is 0 Å². The van der Waals surface area contributed by atoms with E-state index in [0.29, 0.717) is 22.5 Å². The van der Waals surface area contributed by atoms with Crippen molar-refractivity contribution >= 4 is 29.0 Å². The predicted octanol–water partition coefficient (Wildman–Crippen LogP) is 2.96. The Morgan fingerprint density at radius 3 is 2.73 bits per heavy atom. The van der Waals surface area contributed by atoms with Crippen molar-refractivity contribution in [2.24, 2.45) is 0 Å². The molecule has 1 aliphatic heterocycles. The number of anilines is 1. The molecule has 2 aromatic rings. The van der Waals surface area contributed by atoms with Crippen molar-refractivity contribution < 1.29 is 5.11 Å². The van der Waals surface area contributed by atoms with Crippen LogP contribution in [0.3, 0.4) is 0 Å². The van der Waals surface area contributed by atoms with E-state index in [0.717, 1.165) is 31.7 Å². The number of hydrogen-bond donors (Lipinski definition) is 1. The fourth-order valence-electron chi connectivity index (χ4n) is 3.00. The summed E-state index contributed by atoms with van der Waals surface area (Å²) in [6, 6.07) is 3.78. The van der Waals surface area contributed by atoms with Gasteiger partial charge in [-0.2, -0.15) is 5.10 Å². The maximum Gasteiger partial charge on any atom is 0.147 e. The Morgan fingerprint density at radius 2 is 2.05 bits per heavy atom. The van der Waals surface area contributed by atoms with Gasteiger partial charge in [0.05, 0.1) is 23.2 Å². The first-order valence-corrected chi connectivity index (χ1v) is 8.13. The van der Waals surface area contributed by atoms with Gasteiger partial charge in [0.1, 0.15) is 5.82 Å². The van der Waals surface area contributed by atoms with Crippen molar-refractivity contribution in [2.75, 3.05) is 24.6 Å². The molecule has 118 valence electrons. The van der Waals surface area contributed by atoms with E-state index < -0.39 is 0 Å². The summed E-state index contributed by atoms with van der Waals surface area (Å²) in [5.74, 6) is 1.25. The lowest BCUT2D eigenvalue weighted by molar-refractivity contribution is 0.265. The van der Waals surface area contributed by atoms with Crippen LogP contribution < -0.4 is 4.90 Å². The van der Waals surface area contributed by atoms with E-state index in [1.807, 2.05) is 10.7 Å². The minimum absolute atomic E-state index is 0.109. The van der Waals surface area contributed by atoms with Crippen LogP contribution in [0.1, 0.15) is 24.5 Å². The highest BCUT2D eigenvalue weighted by atomic mass is 35.5. The Balaban J connectivity index is 1.68. The second-order valence-corrected chi connectivity index (χ2v) is 6.27. The zero-order valence-corrected chi connectivity index (χ0v) is 13.6. The summed E-state index contributed by atoms with van der Waals surface area (Å²) in [4.78, 5) is 6.54. The number of aliphatic hydroxyl groups is 1. The van der Waals surface area contributed by atoms with Gasteiger partial charge in [0.15, 0.2) is 0 Å². The predicted molar refractivity (Wildman–Crippen MR) is 87.8 cm³/mol. The van der Waals surface area contributed by atoms with Crippen molar-refractivity contribution in [3.8, 4) is 0 Å². The standard InChI is InChI=1S/C15H18Cl2N4O/c16-12-9-13(17)15(18-10-12)20-5-2-11(3-6-20)14-1-4-19-21(14)7-8-22/h1,4,9-11,22H,2-3,5-8H2. The normalized spacial score (nSPS) is 16.2. The molecule has 0 saturated carbocycles. The first-order chi connectivity index (χ1) is 10.7. The molecule has 0 radical (unpaired) electrons. The lowest BCUT2D eigenvalue weighted by Crippen LogP contribution is -2.34. The number of aliphatic hydroxyl groups excluding tert-OH is 1. The van der Waals surface area contributed by atoms with Crippen LogP contribution >= 0.6 is 23.2 Å². The molecular weight excluding hydrogens is 323 g/mol. The SMILES string of the molecule is OCCn1nccc1C1CCN(c2ncc(Cl)cc2Cl)CC1. The van der Waals surface area contributed by atoms with Gasteiger partial charge in [0, 0.05) is 37.1 Å². The second-order valence-electron chi connectivity index (χ2n) is 5.42. The number of pyridine rings is 1. The molecule has 7 heteroatoms. The van der Waals surface area contributed by atoms with Gasteiger partial charge in [-0.15, -0.1) is 0 Å². The van der Waals surface area contributed by atoms with Crippen molar-refractivity contribution in [1.82, 2.24) is 14.8 Å². The maximum atomic E-state index is 9.10. The molecule has 1 N–H and O–H groups in total. The van der Waals surface area contributed by atoms with Crippen molar-refractivity contribution in [3.63, 3.8) is 0 Å². The van der Waals surface area contributed by atoms with E-state index in [4.69, 9.17) is 28.3 Å². The van der Waals surface area contributed by atoms with Crippen LogP contribution in [0.25, 0.3) is 0 Å².